The third-order valence-corrected chi connectivity index (χ3v) is 10.4. The molecule has 3 heterocycles. The van der Waals surface area contributed by atoms with Crippen molar-refractivity contribution in [2.24, 2.45) is 4.99 Å². The summed E-state index contributed by atoms with van der Waals surface area (Å²) in [6, 6.07) is 46.1. The lowest BCUT2D eigenvalue weighted by molar-refractivity contribution is 0.529. The minimum absolute atomic E-state index is 0.146. The molecule has 4 heteroatoms. The molecule has 0 aromatic heterocycles. The van der Waals surface area contributed by atoms with Crippen LogP contribution in [0.1, 0.15) is 80.3 Å². The molecule has 3 unspecified atom stereocenters. The van der Waals surface area contributed by atoms with Crippen LogP contribution in [0.5, 0.6) is 0 Å². The van der Waals surface area contributed by atoms with Crippen LogP contribution in [0.25, 0.3) is 11.3 Å². The average Bonchev–Trinajstić information content (AvgIpc) is 3.74. The first-order chi connectivity index (χ1) is 25.2. The molecule has 5 aromatic rings. The van der Waals surface area contributed by atoms with E-state index in [2.05, 4.69) is 175 Å². The van der Waals surface area contributed by atoms with Crippen LogP contribution in [-0.4, -0.2) is 18.0 Å². The van der Waals surface area contributed by atoms with E-state index in [0.717, 1.165) is 41.1 Å². The molecule has 3 aliphatic heterocycles. The van der Waals surface area contributed by atoms with Crippen molar-refractivity contribution in [2.75, 3.05) is 10.2 Å². The topological polar surface area (TPSA) is 39.7 Å². The van der Waals surface area contributed by atoms with Crippen molar-refractivity contribution < 1.29 is 0 Å². The van der Waals surface area contributed by atoms with Crippen LogP contribution in [0, 0.1) is 0 Å². The number of fused-ring (bicyclic) bond motifs is 8. The fourth-order valence-electron chi connectivity index (χ4n) is 8.57. The lowest BCUT2D eigenvalue weighted by Gasteiger charge is -2.46. The first-order valence-electron chi connectivity index (χ1n) is 18.7. The van der Waals surface area contributed by atoms with Crippen LogP contribution >= 0.6 is 0 Å². The van der Waals surface area contributed by atoms with E-state index in [-0.39, 0.29) is 17.7 Å². The Morgan fingerprint density at radius 3 is 2.12 bits per heavy atom. The summed E-state index contributed by atoms with van der Waals surface area (Å²) in [4.78, 5) is 7.94. The van der Waals surface area contributed by atoms with E-state index in [9.17, 15) is 0 Å². The molecule has 0 amide bonds. The maximum atomic E-state index is 5.41. The number of hydrogen-bond acceptors (Lipinski definition) is 4. The molecule has 51 heavy (non-hydrogen) atoms. The molecule has 0 fully saturated rings. The number of hydrogen-bond donors (Lipinski definition) is 2. The van der Waals surface area contributed by atoms with Gasteiger partial charge in [-0.15, -0.1) is 0 Å². The van der Waals surface area contributed by atoms with Crippen molar-refractivity contribution in [1.82, 2.24) is 5.32 Å². The fraction of sp³-hybridized carbons (Fsp3) is 0.213. The van der Waals surface area contributed by atoms with Gasteiger partial charge in [0.05, 0.1) is 22.5 Å². The van der Waals surface area contributed by atoms with Crippen LogP contribution in [0.2, 0.25) is 0 Å². The van der Waals surface area contributed by atoms with Gasteiger partial charge in [-0.05, 0) is 75.6 Å². The highest BCUT2D eigenvalue weighted by molar-refractivity contribution is 6.13. The van der Waals surface area contributed by atoms with E-state index in [1.807, 2.05) is 13.8 Å². The molecule has 0 saturated carbocycles. The monoisotopic (exact) mass is 666 g/mol. The highest BCUT2D eigenvalue weighted by Gasteiger charge is 2.55. The van der Waals surface area contributed by atoms with E-state index in [1.54, 1.807) is 0 Å². The van der Waals surface area contributed by atoms with Crippen LogP contribution in [-0.2, 0) is 5.41 Å². The van der Waals surface area contributed by atoms with Gasteiger partial charge in [-0.3, -0.25) is 4.99 Å². The average molecular weight is 667 g/mol. The van der Waals surface area contributed by atoms with Gasteiger partial charge in [0.1, 0.15) is 6.17 Å². The van der Waals surface area contributed by atoms with Crippen LogP contribution in [0.15, 0.2) is 156 Å². The maximum absolute atomic E-state index is 5.41. The van der Waals surface area contributed by atoms with Gasteiger partial charge in [0.25, 0.3) is 0 Å². The van der Waals surface area contributed by atoms with Crippen LogP contribution in [0.4, 0.5) is 17.1 Å². The Kier molecular flexibility index (Phi) is 8.69. The number of para-hydroxylation sites is 2. The molecule has 0 saturated heterocycles. The standard InChI is InChI=1S/C42H32N4.C3H8.C2H6/c1-3-14-27(15-4-1)36-26-37(28-16-5-2-6-17-28)44-40(43-36)41-45-35-24-13-23-34-39(35)46(41)38-25-12-11-22-33(38)42(34)31-20-9-7-18-29(31)30-19-8-10-21-32(30)42;1-3-2;1-2/h1-7,9-18,20-26,40-41,43,45H,8,19H2;3H2,1-2H3;1-2H3. The molecule has 0 radical (unpaired) electrons. The summed E-state index contributed by atoms with van der Waals surface area (Å²) >= 11 is 0. The second kappa shape index (κ2) is 13.6. The van der Waals surface area contributed by atoms with Crippen LogP contribution < -0.4 is 15.5 Å². The molecular weight excluding hydrogens is 621 g/mol. The normalized spacial score (nSPS) is 21.3. The summed E-state index contributed by atoms with van der Waals surface area (Å²) in [6.45, 7) is 8.25. The number of allylic oxidation sites excluding steroid dienone is 5. The summed E-state index contributed by atoms with van der Waals surface area (Å²) in [5.74, 6) is 0. The predicted octanol–water partition coefficient (Wildman–Crippen LogP) is 11.2. The molecule has 5 aliphatic rings. The third kappa shape index (κ3) is 5.07. The Labute approximate surface area is 303 Å². The molecule has 2 aliphatic carbocycles. The number of anilines is 3. The van der Waals surface area contributed by atoms with Gasteiger partial charge in [0, 0.05) is 11.4 Å². The van der Waals surface area contributed by atoms with Gasteiger partial charge in [-0.2, -0.15) is 0 Å². The predicted molar refractivity (Wildman–Crippen MR) is 216 cm³/mol. The van der Waals surface area contributed by atoms with Gasteiger partial charge in [0.2, 0.25) is 0 Å². The Bertz CT molecular complexity index is 2190. The fourth-order valence-corrected chi connectivity index (χ4v) is 8.57. The minimum Gasteiger partial charge on any atom is -0.360 e. The highest BCUT2D eigenvalue weighted by atomic mass is 15.4. The van der Waals surface area contributed by atoms with E-state index in [1.165, 1.54) is 51.2 Å². The number of nitrogens with zero attached hydrogens (tertiary/aromatic N) is 2. The van der Waals surface area contributed by atoms with Gasteiger partial charge in [-0.25, -0.2) is 0 Å². The zero-order chi connectivity index (χ0) is 35.0. The minimum atomic E-state index is -0.370. The lowest BCUT2D eigenvalue weighted by atomic mass is 9.63. The summed E-state index contributed by atoms with van der Waals surface area (Å²) < 4.78 is 0. The van der Waals surface area contributed by atoms with Crippen LogP contribution in [0.3, 0.4) is 0 Å². The molecule has 254 valence electrons. The molecule has 4 nitrogen and oxygen atoms in total. The number of aliphatic imine (C=N–C) groups is 1. The maximum Gasteiger partial charge on any atom is 0.159 e. The summed E-state index contributed by atoms with van der Waals surface area (Å²) in [5, 5.41) is 7.82. The van der Waals surface area contributed by atoms with Crippen molar-refractivity contribution in [3.8, 4) is 0 Å². The molecule has 1 spiro atoms. The number of nitrogens with one attached hydrogen (secondary N) is 2. The molecular formula is C47H46N4. The largest absolute Gasteiger partial charge is 0.360 e. The van der Waals surface area contributed by atoms with Gasteiger partial charge in [-0.1, -0.05) is 162 Å². The second-order valence-electron chi connectivity index (χ2n) is 13.4. The summed E-state index contributed by atoms with van der Waals surface area (Å²) in [5.41, 5.74) is 16.0. The van der Waals surface area contributed by atoms with Crippen molar-refractivity contribution in [2.45, 2.75) is 64.7 Å². The van der Waals surface area contributed by atoms with E-state index >= 15 is 0 Å². The van der Waals surface area contributed by atoms with Gasteiger partial charge >= 0.3 is 0 Å². The molecule has 3 atom stereocenters. The first-order valence-corrected chi connectivity index (χ1v) is 18.7. The van der Waals surface area contributed by atoms with Gasteiger partial charge in [0.15, 0.2) is 6.17 Å². The highest BCUT2D eigenvalue weighted by Crippen LogP contribution is 2.65. The van der Waals surface area contributed by atoms with E-state index in [4.69, 9.17) is 4.99 Å². The van der Waals surface area contributed by atoms with Crippen molar-refractivity contribution >= 4 is 34.0 Å². The summed E-state index contributed by atoms with van der Waals surface area (Å²) in [6.07, 6.45) is 9.98. The molecule has 0 bridgehead atoms. The van der Waals surface area contributed by atoms with E-state index in [0.29, 0.717) is 0 Å². The molecule has 2 N–H and O–H groups in total. The third-order valence-electron chi connectivity index (χ3n) is 10.4. The molecule has 5 aromatic carbocycles. The lowest BCUT2D eigenvalue weighted by Crippen LogP contribution is -2.52. The Morgan fingerprint density at radius 1 is 0.706 bits per heavy atom. The molecule has 10 rings (SSSR count). The second-order valence-corrected chi connectivity index (χ2v) is 13.4. The zero-order valence-corrected chi connectivity index (χ0v) is 30.0. The summed E-state index contributed by atoms with van der Waals surface area (Å²) in [7, 11) is 0. The quantitative estimate of drug-likeness (QED) is 0.201. The Balaban J connectivity index is 0.000000713. The van der Waals surface area contributed by atoms with Crippen molar-refractivity contribution in [3.63, 3.8) is 0 Å². The Hall–Kier alpha value is -5.61. The zero-order valence-electron chi connectivity index (χ0n) is 30.0. The number of benzene rings is 5. The van der Waals surface area contributed by atoms with E-state index < -0.39 is 0 Å². The number of rotatable bonds is 3. The van der Waals surface area contributed by atoms with Crippen molar-refractivity contribution in [1.29, 1.82) is 0 Å². The van der Waals surface area contributed by atoms with Gasteiger partial charge < -0.3 is 15.5 Å². The SMILES string of the molecule is C1=CC2=C(CC1)c1ccccc1C21c2ccccc2N2c3c(cccc31)NC2C1N=C(c2ccccc2)C=C(c2ccccc2)N1.CC.CCC. The smallest absolute Gasteiger partial charge is 0.159 e. The van der Waals surface area contributed by atoms with Crippen molar-refractivity contribution in [3.05, 3.63) is 185 Å². The first kappa shape index (κ1) is 32.6. The Morgan fingerprint density at radius 2 is 1.35 bits per heavy atom.